The monoisotopic (exact) mass is 434 g/mol. The molecule has 8 heteroatoms. The Kier molecular flexibility index (Phi) is 5.04. The van der Waals surface area contributed by atoms with E-state index in [9.17, 15) is 4.79 Å². The maximum Gasteiger partial charge on any atom is 0.287 e. The van der Waals surface area contributed by atoms with Crippen molar-refractivity contribution in [1.29, 1.82) is 0 Å². The van der Waals surface area contributed by atoms with Crippen molar-refractivity contribution in [1.82, 2.24) is 20.1 Å². The minimum absolute atomic E-state index is 0.115. The van der Waals surface area contributed by atoms with E-state index < -0.39 is 0 Å². The highest BCUT2D eigenvalue weighted by atomic mass is 16.6. The maximum absolute atomic E-state index is 13.1. The molecule has 1 saturated heterocycles. The largest absolute Gasteiger partial charge is 0.455 e. The number of furan rings is 1. The van der Waals surface area contributed by atoms with Crippen molar-refractivity contribution < 1.29 is 18.7 Å². The Labute approximate surface area is 185 Å². The normalized spacial score (nSPS) is 19.9. The molecule has 2 fully saturated rings. The Morgan fingerprint density at radius 2 is 2.16 bits per heavy atom. The highest BCUT2D eigenvalue weighted by Gasteiger charge is 2.39. The predicted octanol–water partition coefficient (Wildman–Crippen LogP) is 2.71. The second-order valence-electron chi connectivity index (χ2n) is 8.72. The molecular weight excluding hydrogens is 408 g/mol. The Morgan fingerprint density at radius 3 is 2.94 bits per heavy atom. The van der Waals surface area contributed by atoms with Crippen LogP contribution >= 0.6 is 0 Å². The smallest absolute Gasteiger partial charge is 0.287 e. The van der Waals surface area contributed by atoms with Crippen LogP contribution in [0.4, 0.5) is 0 Å². The number of carbonyl (C=O) groups excluding carboxylic acids is 1. The standard InChI is InChI=1S/C24H26N4O4/c29-24(26-11-18-14-30-9-10-31-18)23-20(15-4-5-15)21-19(32-23)7-6-16-12-28(27-22(16)21)13-17-3-1-2-8-25-17/h1-3,8,12,15,18H,4-7,9-11,13-14H2,(H,26,29)/t18-/m1/s1. The zero-order chi connectivity index (χ0) is 21.5. The number of aryl methyl sites for hydroxylation is 2. The van der Waals surface area contributed by atoms with Crippen molar-refractivity contribution in [3.63, 3.8) is 0 Å². The summed E-state index contributed by atoms with van der Waals surface area (Å²) < 4.78 is 19.2. The second-order valence-corrected chi connectivity index (χ2v) is 8.72. The molecular formula is C24H26N4O4. The molecule has 0 spiro atoms. The first kappa shape index (κ1) is 19.7. The van der Waals surface area contributed by atoms with Gasteiger partial charge in [-0.15, -0.1) is 0 Å². The molecule has 0 aromatic carbocycles. The third-order valence-corrected chi connectivity index (χ3v) is 6.33. The van der Waals surface area contributed by atoms with Crippen LogP contribution in [0, 0.1) is 0 Å². The number of fused-ring (bicyclic) bond motifs is 3. The number of hydrogen-bond donors (Lipinski definition) is 1. The van der Waals surface area contributed by atoms with Gasteiger partial charge < -0.3 is 19.2 Å². The SMILES string of the molecule is O=C(NC[C@@H]1COCCO1)c1oc2c(c1C1CC1)-c1nn(Cc3ccccn3)cc1CC2. The number of carbonyl (C=O) groups is 1. The minimum Gasteiger partial charge on any atom is -0.455 e. The molecule has 2 aliphatic carbocycles. The fourth-order valence-corrected chi connectivity index (χ4v) is 4.64. The number of nitrogens with zero attached hydrogens (tertiary/aromatic N) is 3. The molecule has 32 heavy (non-hydrogen) atoms. The van der Waals surface area contributed by atoms with Crippen molar-refractivity contribution in [3.05, 3.63) is 58.9 Å². The van der Waals surface area contributed by atoms with Crippen LogP contribution in [0.2, 0.25) is 0 Å². The molecule has 0 bridgehead atoms. The number of ether oxygens (including phenoxy) is 2. The molecule has 1 aliphatic heterocycles. The van der Waals surface area contributed by atoms with Crippen molar-refractivity contribution in [2.24, 2.45) is 0 Å². The Morgan fingerprint density at radius 1 is 1.22 bits per heavy atom. The molecule has 3 aromatic heterocycles. The number of nitrogens with one attached hydrogen (secondary N) is 1. The lowest BCUT2D eigenvalue weighted by molar-refractivity contribution is -0.0856. The Hall–Kier alpha value is -2.97. The van der Waals surface area contributed by atoms with Gasteiger partial charge in [0, 0.05) is 36.5 Å². The van der Waals surface area contributed by atoms with Gasteiger partial charge in [-0.05, 0) is 42.9 Å². The van der Waals surface area contributed by atoms with Gasteiger partial charge in [0.15, 0.2) is 5.76 Å². The molecule has 1 atom stereocenters. The average Bonchev–Trinajstić information content (AvgIpc) is 3.46. The average molecular weight is 434 g/mol. The van der Waals surface area contributed by atoms with Gasteiger partial charge in [-0.1, -0.05) is 6.07 Å². The summed E-state index contributed by atoms with van der Waals surface area (Å²) in [4.78, 5) is 17.5. The van der Waals surface area contributed by atoms with Gasteiger partial charge in [-0.2, -0.15) is 5.10 Å². The van der Waals surface area contributed by atoms with Crippen LogP contribution in [-0.2, 0) is 28.9 Å². The van der Waals surface area contributed by atoms with Crippen molar-refractivity contribution in [3.8, 4) is 11.3 Å². The lowest BCUT2D eigenvalue weighted by Crippen LogP contribution is -2.39. The van der Waals surface area contributed by atoms with E-state index in [-0.39, 0.29) is 12.0 Å². The van der Waals surface area contributed by atoms with Crippen LogP contribution in [0.3, 0.4) is 0 Å². The molecule has 166 valence electrons. The zero-order valence-corrected chi connectivity index (χ0v) is 17.9. The van der Waals surface area contributed by atoms with Gasteiger partial charge in [0.25, 0.3) is 5.91 Å². The van der Waals surface area contributed by atoms with Gasteiger partial charge in [0.05, 0.1) is 43.9 Å². The zero-order valence-electron chi connectivity index (χ0n) is 17.9. The summed E-state index contributed by atoms with van der Waals surface area (Å²) in [5.41, 5.74) is 5.20. The van der Waals surface area contributed by atoms with E-state index in [0.29, 0.717) is 44.6 Å². The molecule has 6 rings (SSSR count). The minimum atomic E-state index is -0.176. The lowest BCUT2D eigenvalue weighted by Gasteiger charge is -2.22. The molecule has 3 aliphatic rings. The number of amides is 1. The Balaban J connectivity index is 1.29. The number of aromatic nitrogens is 3. The first-order valence-electron chi connectivity index (χ1n) is 11.4. The molecule has 8 nitrogen and oxygen atoms in total. The predicted molar refractivity (Wildman–Crippen MR) is 116 cm³/mol. The van der Waals surface area contributed by atoms with E-state index in [1.807, 2.05) is 22.9 Å². The number of hydrogen-bond acceptors (Lipinski definition) is 6. The van der Waals surface area contributed by atoms with Gasteiger partial charge in [-0.25, -0.2) is 0 Å². The summed E-state index contributed by atoms with van der Waals surface area (Å²) in [5, 5.41) is 7.89. The topological polar surface area (TPSA) is 91.4 Å². The van der Waals surface area contributed by atoms with Gasteiger partial charge >= 0.3 is 0 Å². The summed E-state index contributed by atoms with van der Waals surface area (Å²) in [6.45, 7) is 2.71. The number of pyridine rings is 1. The summed E-state index contributed by atoms with van der Waals surface area (Å²) in [6, 6.07) is 5.90. The van der Waals surface area contributed by atoms with Gasteiger partial charge in [-0.3, -0.25) is 14.5 Å². The number of rotatable bonds is 6. The highest BCUT2D eigenvalue weighted by Crippen LogP contribution is 2.50. The van der Waals surface area contributed by atoms with E-state index in [4.69, 9.17) is 19.0 Å². The van der Waals surface area contributed by atoms with Crippen LogP contribution < -0.4 is 5.32 Å². The summed E-state index contributed by atoms with van der Waals surface area (Å²) in [6.07, 6.45) is 7.59. The van der Waals surface area contributed by atoms with Crippen LogP contribution in [0.1, 0.15) is 51.9 Å². The molecule has 3 aromatic rings. The van der Waals surface area contributed by atoms with Crippen LogP contribution in [0.15, 0.2) is 35.0 Å². The van der Waals surface area contributed by atoms with Crippen LogP contribution in [0.25, 0.3) is 11.3 Å². The summed E-state index contributed by atoms with van der Waals surface area (Å²) in [5.74, 6) is 1.51. The molecule has 1 saturated carbocycles. The van der Waals surface area contributed by atoms with Crippen LogP contribution in [0.5, 0.6) is 0 Å². The molecule has 0 unspecified atom stereocenters. The summed E-state index contributed by atoms with van der Waals surface area (Å²) >= 11 is 0. The maximum atomic E-state index is 13.1. The molecule has 0 radical (unpaired) electrons. The van der Waals surface area contributed by atoms with E-state index in [1.165, 1.54) is 5.56 Å². The summed E-state index contributed by atoms with van der Waals surface area (Å²) in [7, 11) is 0. The molecule has 1 amide bonds. The lowest BCUT2D eigenvalue weighted by atomic mass is 9.91. The quantitative estimate of drug-likeness (QED) is 0.642. The fraction of sp³-hybridized carbons (Fsp3) is 0.458. The van der Waals surface area contributed by atoms with Crippen molar-refractivity contribution in [2.75, 3.05) is 26.4 Å². The van der Waals surface area contributed by atoms with Crippen molar-refractivity contribution in [2.45, 2.75) is 44.2 Å². The van der Waals surface area contributed by atoms with Crippen molar-refractivity contribution >= 4 is 5.91 Å². The van der Waals surface area contributed by atoms with Gasteiger partial charge in [0.2, 0.25) is 0 Å². The fourth-order valence-electron chi connectivity index (χ4n) is 4.64. The highest BCUT2D eigenvalue weighted by molar-refractivity contribution is 5.96. The molecule has 4 heterocycles. The third-order valence-electron chi connectivity index (χ3n) is 6.33. The van der Waals surface area contributed by atoms with E-state index in [0.717, 1.165) is 54.0 Å². The van der Waals surface area contributed by atoms with E-state index in [2.05, 4.69) is 16.5 Å². The first-order chi connectivity index (χ1) is 15.8. The van der Waals surface area contributed by atoms with E-state index >= 15 is 0 Å². The van der Waals surface area contributed by atoms with Crippen LogP contribution in [-0.4, -0.2) is 53.1 Å². The van der Waals surface area contributed by atoms with Gasteiger partial charge in [0.1, 0.15) is 5.76 Å². The second kappa shape index (κ2) is 8.18. The first-order valence-corrected chi connectivity index (χ1v) is 11.4. The molecule has 1 N–H and O–H groups in total. The third kappa shape index (κ3) is 3.73. The van der Waals surface area contributed by atoms with E-state index in [1.54, 1.807) is 6.20 Å². The Bertz CT molecular complexity index is 1130.